The number of rotatable bonds is 7. The van der Waals surface area contributed by atoms with Crippen molar-refractivity contribution >= 4 is 5.91 Å². The van der Waals surface area contributed by atoms with Crippen LogP contribution in [0.1, 0.15) is 41.6 Å². The van der Waals surface area contributed by atoms with Gasteiger partial charge in [-0.2, -0.15) is 0 Å². The summed E-state index contributed by atoms with van der Waals surface area (Å²) in [5.41, 5.74) is 3.26. The predicted molar refractivity (Wildman–Crippen MR) is 108 cm³/mol. The van der Waals surface area contributed by atoms with Crippen LogP contribution in [0.15, 0.2) is 91.0 Å². The van der Waals surface area contributed by atoms with Gasteiger partial charge >= 0.3 is 0 Å². The van der Waals surface area contributed by atoms with Gasteiger partial charge in [0, 0.05) is 6.04 Å². The normalized spacial score (nSPS) is 14.7. The van der Waals surface area contributed by atoms with Gasteiger partial charge in [-0.05, 0) is 29.5 Å². The second kappa shape index (κ2) is 8.19. The van der Waals surface area contributed by atoms with E-state index in [4.69, 9.17) is 0 Å². The second-order valence-electron chi connectivity index (χ2n) is 7.05. The Kier molecular flexibility index (Phi) is 5.31. The molecule has 1 aliphatic rings. The van der Waals surface area contributed by atoms with E-state index in [1.807, 2.05) is 66.7 Å². The zero-order valence-electron chi connectivity index (χ0n) is 15.2. The third kappa shape index (κ3) is 4.44. The Balaban J connectivity index is 1.68. The highest BCUT2D eigenvalue weighted by molar-refractivity contribution is 5.83. The van der Waals surface area contributed by atoms with E-state index in [9.17, 15) is 4.79 Å². The first kappa shape index (κ1) is 17.5. The summed E-state index contributed by atoms with van der Waals surface area (Å²) in [6.45, 7) is 0. The summed E-state index contributed by atoms with van der Waals surface area (Å²) in [5.74, 6) is 0.0422. The van der Waals surface area contributed by atoms with Gasteiger partial charge in [0.25, 0.3) is 0 Å². The molecule has 1 saturated carbocycles. The number of benzene rings is 3. The first-order valence-corrected chi connectivity index (χ1v) is 9.52. The van der Waals surface area contributed by atoms with Crippen molar-refractivity contribution in [2.24, 2.45) is 0 Å². The minimum absolute atomic E-state index is 0.0422. The summed E-state index contributed by atoms with van der Waals surface area (Å²) in [4.78, 5) is 13.0. The zero-order valence-corrected chi connectivity index (χ0v) is 15.2. The number of hydrogen-bond donors (Lipinski definition) is 2. The van der Waals surface area contributed by atoms with Crippen LogP contribution in [-0.2, 0) is 4.79 Å². The molecule has 1 atom stereocenters. The molecule has 0 spiro atoms. The van der Waals surface area contributed by atoms with Crippen LogP contribution in [0.4, 0.5) is 0 Å². The molecule has 0 heterocycles. The van der Waals surface area contributed by atoms with Crippen molar-refractivity contribution in [1.82, 2.24) is 10.6 Å². The minimum Gasteiger partial charge on any atom is -0.352 e. The molecule has 1 fully saturated rings. The fourth-order valence-electron chi connectivity index (χ4n) is 3.32. The Morgan fingerprint density at radius 2 is 1.15 bits per heavy atom. The summed E-state index contributed by atoms with van der Waals surface area (Å²) < 4.78 is 0. The van der Waals surface area contributed by atoms with E-state index in [1.54, 1.807) is 0 Å². The molecule has 3 nitrogen and oxygen atoms in total. The molecule has 3 aromatic rings. The maximum Gasteiger partial charge on any atom is 0.241 e. The van der Waals surface area contributed by atoms with Crippen molar-refractivity contribution in [1.29, 1.82) is 0 Å². The van der Waals surface area contributed by atoms with E-state index in [-0.39, 0.29) is 11.9 Å². The average molecular weight is 356 g/mol. The largest absolute Gasteiger partial charge is 0.352 e. The summed E-state index contributed by atoms with van der Waals surface area (Å²) in [5, 5.41) is 6.78. The Morgan fingerprint density at radius 1 is 0.704 bits per heavy atom. The van der Waals surface area contributed by atoms with E-state index in [0.29, 0.717) is 6.04 Å². The number of carbonyl (C=O) groups excluding carboxylic acids is 1. The fraction of sp³-hybridized carbons (Fsp3) is 0.208. The van der Waals surface area contributed by atoms with Gasteiger partial charge in [-0.25, -0.2) is 0 Å². The van der Waals surface area contributed by atoms with Crippen molar-refractivity contribution in [2.75, 3.05) is 0 Å². The number of hydrogen-bond acceptors (Lipinski definition) is 2. The van der Waals surface area contributed by atoms with Gasteiger partial charge in [0.1, 0.15) is 6.04 Å². The number of amides is 1. The molecule has 27 heavy (non-hydrogen) atoms. The van der Waals surface area contributed by atoms with Gasteiger partial charge in [0.2, 0.25) is 5.91 Å². The summed E-state index contributed by atoms with van der Waals surface area (Å²) in [7, 11) is 0. The third-order valence-electron chi connectivity index (χ3n) is 4.92. The van der Waals surface area contributed by atoms with Crippen LogP contribution in [0, 0.1) is 0 Å². The quantitative estimate of drug-likeness (QED) is 0.659. The topological polar surface area (TPSA) is 41.1 Å². The molecule has 2 N–H and O–H groups in total. The minimum atomic E-state index is -0.405. The average Bonchev–Trinajstić information content (AvgIpc) is 3.54. The van der Waals surface area contributed by atoms with Gasteiger partial charge in [0.05, 0.1) is 6.04 Å². The van der Waals surface area contributed by atoms with Crippen molar-refractivity contribution in [3.8, 4) is 0 Å². The Hall–Kier alpha value is -2.91. The van der Waals surface area contributed by atoms with Gasteiger partial charge in [-0.1, -0.05) is 91.0 Å². The molecular formula is C24H24N2O. The van der Waals surface area contributed by atoms with Crippen molar-refractivity contribution < 1.29 is 4.79 Å². The molecular weight excluding hydrogens is 332 g/mol. The maximum atomic E-state index is 13.0. The van der Waals surface area contributed by atoms with Gasteiger partial charge in [-0.3, -0.25) is 10.1 Å². The van der Waals surface area contributed by atoms with Crippen LogP contribution in [0.3, 0.4) is 0 Å². The molecule has 3 aromatic carbocycles. The molecule has 0 aliphatic heterocycles. The van der Waals surface area contributed by atoms with Crippen LogP contribution in [-0.4, -0.2) is 11.9 Å². The van der Waals surface area contributed by atoms with Gasteiger partial charge < -0.3 is 5.32 Å². The fourth-order valence-corrected chi connectivity index (χ4v) is 3.32. The highest BCUT2D eigenvalue weighted by Gasteiger charge is 2.30. The molecule has 136 valence electrons. The molecule has 1 amide bonds. The highest BCUT2D eigenvalue weighted by atomic mass is 16.2. The highest BCUT2D eigenvalue weighted by Crippen LogP contribution is 2.27. The number of carbonyl (C=O) groups is 1. The summed E-state index contributed by atoms with van der Waals surface area (Å²) in [6.07, 6.45) is 2.15. The first-order chi connectivity index (χ1) is 13.3. The lowest BCUT2D eigenvalue weighted by molar-refractivity contribution is -0.123. The zero-order chi connectivity index (χ0) is 18.5. The predicted octanol–water partition coefficient (Wildman–Crippen LogP) is 4.39. The number of nitrogens with one attached hydrogen (secondary N) is 2. The molecule has 0 bridgehead atoms. The van der Waals surface area contributed by atoms with Crippen molar-refractivity contribution in [3.05, 3.63) is 108 Å². The van der Waals surface area contributed by atoms with E-state index in [0.717, 1.165) is 29.5 Å². The first-order valence-electron chi connectivity index (χ1n) is 9.52. The second-order valence-corrected chi connectivity index (χ2v) is 7.05. The molecule has 3 heteroatoms. The van der Waals surface area contributed by atoms with Crippen molar-refractivity contribution in [3.63, 3.8) is 0 Å². The van der Waals surface area contributed by atoms with Gasteiger partial charge in [-0.15, -0.1) is 0 Å². The third-order valence-corrected chi connectivity index (χ3v) is 4.92. The van der Waals surface area contributed by atoms with Crippen LogP contribution < -0.4 is 10.6 Å². The monoisotopic (exact) mass is 356 g/mol. The van der Waals surface area contributed by atoms with Crippen LogP contribution >= 0.6 is 0 Å². The molecule has 0 radical (unpaired) electrons. The van der Waals surface area contributed by atoms with Crippen LogP contribution in [0.25, 0.3) is 0 Å². The van der Waals surface area contributed by atoms with Crippen LogP contribution in [0.5, 0.6) is 0 Å². The van der Waals surface area contributed by atoms with E-state index >= 15 is 0 Å². The Morgan fingerprint density at radius 3 is 1.59 bits per heavy atom. The Labute approximate surface area is 160 Å². The lowest BCUT2D eigenvalue weighted by Crippen LogP contribution is -2.40. The molecule has 0 saturated heterocycles. The van der Waals surface area contributed by atoms with E-state index in [1.165, 1.54) is 0 Å². The SMILES string of the molecule is O=C(NC1CC1)[C@H](NC(c1ccccc1)c1ccccc1)c1ccccc1. The smallest absolute Gasteiger partial charge is 0.241 e. The molecule has 0 aromatic heterocycles. The molecule has 4 rings (SSSR count). The molecule has 0 unspecified atom stereocenters. The van der Waals surface area contributed by atoms with E-state index in [2.05, 4.69) is 34.9 Å². The lowest BCUT2D eigenvalue weighted by atomic mass is 9.96. The summed E-state index contributed by atoms with van der Waals surface area (Å²) in [6, 6.07) is 30.4. The maximum absolute atomic E-state index is 13.0. The summed E-state index contributed by atoms with van der Waals surface area (Å²) >= 11 is 0. The standard InChI is InChI=1S/C24H24N2O/c27-24(25-21-16-17-21)23(20-14-8-3-9-15-20)26-22(18-10-4-1-5-11-18)19-12-6-2-7-13-19/h1-15,21-23,26H,16-17H2,(H,25,27)/t23-/m1/s1. The Bertz CT molecular complexity index is 821. The van der Waals surface area contributed by atoms with Crippen molar-refractivity contribution in [2.45, 2.75) is 31.0 Å². The van der Waals surface area contributed by atoms with E-state index < -0.39 is 6.04 Å². The van der Waals surface area contributed by atoms with Gasteiger partial charge in [0.15, 0.2) is 0 Å². The molecule has 1 aliphatic carbocycles. The lowest BCUT2D eigenvalue weighted by Gasteiger charge is -2.26. The van der Waals surface area contributed by atoms with Crippen LogP contribution in [0.2, 0.25) is 0 Å².